The Balaban J connectivity index is 1.44. The van der Waals surface area contributed by atoms with Crippen LogP contribution in [0.4, 0.5) is 10.2 Å². The zero-order valence-corrected chi connectivity index (χ0v) is 20.7. The summed E-state index contributed by atoms with van der Waals surface area (Å²) in [7, 11) is 0. The fourth-order valence-corrected chi connectivity index (χ4v) is 4.75. The zero-order valence-electron chi connectivity index (χ0n) is 18.4. The lowest BCUT2D eigenvalue weighted by atomic mass is 10.1. The molecular formula is C22H24Cl2FN5O4S. The third-order valence-corrected chi connectivity index (χ3v) is 6.92. The molecule has 5 N–H and O–H groups in total. The maximum atomic E-state index is 14.6. The average molecular weight is 544 g/mol. The van der Waals surface area contributed by atoms with Crippen LogP contribution in [0, 0.1) is 5.92 Å². The molecule has 0 saturated heterocycles. The van der Waals surface area contributed by atoms with E-state index in [0.717, 1.165) is 5.56 Å². The molecule has 35 heavy (non-hydrogen) atoms. The Labute approximate surface area is 213 Å². The van der Waals surface area contributed by atoms with Gasteiger partial charge in [0, 0.05) is 30.7 Å². The molecule has 0 radical (unpaired) electrons. The molecule has 0 aliphatic heterocycles. The number of nitrogens with two attached hydrogens (primary N) is 1. The van der Waals surface area contributed by atoms with Crippen molar-refractivity contribution in [2.45, 2.75) is 31.6 Å². The van der Waals surface area contributed by atoms with Crippen LogP contribution in [0.25, 0.3) is 0 Å². The van der Waals surface area contributed by atoms with Crippen molar-refractivity contribution in [3.63, 3.8) is 0 Å². The normalized spacial score (nSPS) is 20.7. The molecule has 0 amide bonds. The van der Waals surface area contributed by atoms with Gasteiger partial charge in [0.2, 0.25) is 0 Å². The largest absolute Gasteiger partial charge is 0.364 e. The second kappa shape index (κ2) is 10.8. The number of carbonyl (C=O) groups is 1. The molecular weight excluding hydrogens is 520 g/mol. The molecule has 9 nitrogen and oxygen atoms in total. The van der Waals surface area contributed by atoms with Crippen LogP contribution in [0.3, 0.4) is 0 Å². The number of ketones is 1. The van der Waals surface area contributed by atoms with E-state index in [0.29, 0.717) is 28.6 Å². The smallest absolute Gasteiger partial charge is 0.199 e. The van der Waals surface area contributed by atoms with E-state index in [1.807, 2.05) is 10.6 Å². The lowest BCUT2D eigenvalue weighted by Gasteiger charge is -2.22. The highest BCUT2D eigenvalue weighted by molar-refractivity contribution is 8.18. The monoisotopic (exact) mass is 543 g/mol. The molecule has 2 aromatic heterocycles. The minimum atomic E-state index is -3.60. The first-order chi connectivity index (χ1) is 16.6. The maximum Gasteiger partial charge on any atom is 0.199 e. The highest BCUT2D eigenvalue weighted by atomic mass is 35.5. The van der Waals surface area contributed by atoms with E-state index in [9.17, 15) is 18.3 Å². The van der Waals surface area contributed by atoms with Crippen molar-refractivity contribution < 1.29 is 22.5 Å². The molecule has 1 aliphatic rings. The minimum Gasteiger partial charge on any atom is -0.364 e. The van der Waals surface area contributed by atoms with Gasteiger partial charge in [-0.2, -0.15) is 0 Å². The summed E-state index contributed by atoms with van der Waals surface area (Å²) in [6, 6.07) is 6.38. The van der Waals surface area contributed by atoms with Gasteiger partial charge in [0.25, 0.3) is 0 Å². The van der Waals surface area contributed by atoms with Gasteiger partial charge in [0.15, 0.2) is 16.8 Å². The lowest BCUT2D eigenvalue weighted by Crippen LogP contribution is -2.27. The van der Waals surface area contributed by atoms with Crippen LogP contribution in [-0.4, -0.2) is 48.2 Å². The summed E-state index contributed by atoms with van der Waals surface area (Å²) in [6.45, 7) is 0.405. The number of nitrogens with zero attached hydrogens (tertiary/aromatic N) is 3. The first-order valence-electron chi connectivity index (χ1n) is 10.6. The fraction of sp³-hybridized carbons (Fsp3) is 0.318. The molecule has 1 fully saturated rings. The van der Waals surface area contributed by atoms with E-state index >= 15 is 0 Å². The van der Waals surface area contributed by atoms with Crippen LogP contribution in [-0.2, 0) is 10.7 Å². The number of alkyl halides is 1. The van der Waals surface area contributed by atoms with Gasteiger partial charge < -0.3 is 9.88 Å². The molecule has 188 valence electrons. The number of nitrogens with one attached hydrogen (secondary N) is 1. The standard InChI is InChI=1S/C22H24Cl2FN5O4S/c23-17-2-1-13(5-18(17)24)9-30-4-3-15(10-30)21(31)16-8-27-12-28-22(16)29-20-7-14(6-19(20)25)11-34-35(26,32)33/h1-5,8,10,12,14,19-20,32-33H,6-7,9,11,26H2,(H,27,28,29). The summed E-state index contributed by atoms with van der Waals surface area (Å²) in [5, 5.41) is 9.00. The van der Waals surface area contributed by atoms with E-state index in [-0.39, 0.29) is 36.1 Å². The van der Waals surface area contributed by atoms with Crippen molar-refractivity contribution in [3.05, 3.63) is 75.9 Å². The number of anilines is 1. The number of aromatic nitrogens is 3. The van der Waals surface area contributed by atoms with Crippen LogP contribution < -0.4 is 10.5 Å². The van der Waals surface area contributed by atoms with Crippen LogP contribution in [0.2, 0.25) is 10.0 Å². The van der Waals surface area contributed by atoms with Crippen molar-refractivity contribution in [3.8, 4) is 0 Å². The SMILES string of the molecule is NS(O)(O)OCC1CC(F)C(Nc2ncncc2C(=O)c2ccn(Cc3ccc(Cl)c(Cl)c3)c2)C1. The molecule has 13 heteroatoms. The fourth-order valence-electron chi connectivity index (χ4n) is 4.03. The number of carbonyl (C=O) groups excluding carboxylic acids is 1. The third-order valence-electron chi connectivity index (χ3n) is 5.70. The van der Waals surface area contributed by atoms with Crippen molar-refractivity contribution in [1.29, 1.82) is 0 Å². The van der Waals surface area contributed by atoms with Crippen LogP contribution in [0.1, 0.15) is 34.3 Å². The van der Waals surface area contributed by atoms with E-state index in [1.54, 1.807) is 30.6 Å². The van der Waals surface area contributed by atoms with Gasteiger partial charge >= 0.3 is 0 Å². The van der Waals surface area contributed by atoms with Crippen LogP contribution in [0.15, 0.2) is 49.2 Å². The summed E-state index contributed by atoms with van der Waals surface area (Å²) in [6.07, 6.45) is 5.39. The molecule has 0 bridgehead atoms. The maximum absolute atomic E-state index is 14.6. The van der Waals surface area contributed by atoms with Crippen molar-refractivity contribution in [1.82, 2.24) is 14.5 Å². The number of hydrogen-bond acceptors (Lipinski definition) is 8. The summed E-state index contributed by atoms with van der Waals surface area (Å²) in [5.41, 5.74) is 1.55. The molecule has 2 heterocycles. The number of hydrogen-bond donors (Lipinski definition) is 4. The van der Waals surface area contributed by atoms with Gasteiger partial charge in [0.05, 0.1) is 28.3 Å². The molecule has 3 unspecified atom stereocenters. The minimum absolute atomic E-state index is 0.0840. The van der Waals surface area contributed by atoms with E-state index in [1.165, 1.54) is 12.5 Å². The van der Waals surface area contributed by atoms with Gasteiger partial charge in [-0.3, -0.25) is 18.1 Å². The predicted octanol–water partition coefficient (Wildman–Crippen LogP) is 4.95. The summed E-state index contributed by atoms with van der Waals surface area (Å²) in [5.74, 6) is -0.362. The van der Waals surface area contributed by atoms with E-state index in [4.69, 9.17) is 32.5 Å². The first-order valence-corrected chi connectivity index (χ1v) is 12.9. The molecule has 3 atom stereocenters. The molecule has 1 aliphatic carbocycles. The van der Waals surface area contributed by atoms with Crippen molar-refractivity contribution >= 4 is 45.9 Å². The topological polar surface area (TPSA) is 136 Å². The Hall–Kier alpha value is -2.25. The first kappa shape index (κ1) is 25.8. The van der Waals surface area contributed by atoms with E-state index in [2.05, 4.69) is 15.3 Å². The number of rotatable bonds is 9. The lowest BCUT2D eigenvalue weighted by molar-refractivity contribution is 0.103. The highest BCUT2D eigenvalue weighted by Gasteiger charge is 2.36. The second-order valence-electron chi connectivity index (χ2n) is 8.36. The van der Waals surface area contributed by atoms with Crippen LogP contribution >= 0.6 is 34.3 Å². The van der Waals surface area contributed by atoms with Crippen molar-refractivity contribution in [2.75, 3.05) is 11.9 Å². The molecule has 1 aromatic carbocycles. The van der Waals surface area contributed by atoms with Gasteiger partial charge in [-0.1, -0.05) is 29.3 Å². The molecule has 3 aromatic rings. The van der Waals surface area contributed by atoms with Gasteiger partial charge in [-0.05, 0) is 42.5 Å². The Kier molecular flexibility index (Phi) is 7.96. The number of benzene rings is 1. The Morgan fingerprint density at radius 3 is 2.83 bits per heavy atom. The average Bonchev–Trinajstić information content (AvgIpc) is 3.41. The Bertz CT molecular complexity index is 1210. The Morgan fingerprint density at radius 2 is 2.09 bits per heavy atom. The molecule has 4 rings (SSSR count). The molecule has 0 spiro atoms. The third kappa shape index (κ3) is 6.70. The predicted molar refractivity (Wildman–Crippen MR) is 133 cm³/mol. The highest BCUT2D eigenvalue weighted by Crippen LogP contribution is 2.36. The molecule has 1 saturated carbocycles. The van der Waals surface area contributed by atoms with Gasteiger partial charge in [-0.25, -0.2) is 19.5 Å². The van der Waals surface area contributed by atoms with Crippen LogP contribution in [0.5, 0.6) is 0 Å². The number of halogens is 3. The second-order valence-corrected chi connectivity index (χ2v) is 10.5. The Morgan fingerprint density at radius 1 is 1.29 bits per heavy atom. The quantitative estimate of drug-likeness (QED) is 0.278. The van der Waals surface area contributed by atoms with Gasteiger partial charge in [-0.15, -0.1) is 0 Å². The zero-order chi connectivity index (χ0) is 25.2. The summed E-state index contributed by atoms with van der Waals surface area (Å²) >= 11 is 8.45. The van der Waals surface area contributed by atoms with E-state index < -0.39 is 23.3 Å². The summed E-state index contributed by atoms with van der Waals surface area (Å²) in [4.78, 5) is 21.3. The van der Waals surface area contributed by atoms with Crippen molar-refractivity contribution in [2.24, 2.45) is 11.1 Å². The van der Waals surface area contributed by atoms with Gasteiger partial charge in [0.1, 0.15) is 18.3 Å². The summed E-state index contributed by atoms with van der Waals surface area (Å²) < 4.78 is 39.7.